The van der Waals surface area contributed by atoms with Gasteiger partial charge in [-0.1, -0.05) is 56.2 Å². The highest BCUT2D eigenvalue weighted by Crippen LogP contribution is 2.43. The van der Waals surface area contributed by atoms with Crippen molar-refractivity contribution in [2.75, 3.05) is 0 Å². The molecule has 2 aromatic carbocycles. The summed E-state index contributed by atoms with van der Waals surface area (Å²) >= 11 is 0. The average molecular weight is 347 g/mol. The van der Waals surface area contributed by atoms with Gasteiger partial charge in [-0.15, -0.1) is 0 Å². The third-order valence-electron chi connectivity index (χ3n) is 5.85. The first-order valence-corrected chi connectivity index (χ1v) is 9.43. The van der Waals surface area contributed by atoms with Gasteiger partial charge in [0.1, 0.15) is 0 Å². The Morgan fingerprint density at radius 2 is 1.62 bits per heavy atom. The Morgan fingerprint density at radius 1 is 1.08 bits per heavy atom. The molecular formula is C23H25NO2. The average Bonchev–Trinajstić information content (AvgIpc) is 2.69. The summed E-state index contributed by atoms with van der Waals surface area (Å²) in [5.74, 6) is -0.0241. The van der Waals surface area contributed by atoms with Crippen LogP contribution in [0.3, 0.4) is 0 Å². The van der Waals surface area contributed by atoms with Gasteiger partial charge in [0.15, 0.2) is 0 Å². The zero-order valence-electron chi connectivity index (χ0n) is 15.2. The van der Waals surface area contributed by atoms with Crippen molar-refractivity contribution in [2.24, 2.45) is 5.92 Å². The quantitative estimate of drug-likeness (QED) is 0.772. The molecule has 0 unspecified atom stereocenters. The number of hydrogen-bond donors (Lipinski definition) is 1. The highest BCUT2D eigenvalue weighted by Gasteiger charge is 2.43. The van der Waals surface area contributed by atoms with Crippen molar-refractivity contribution in [3.8, 4) is 17.2 Å². The van der Waals surface area contributed by atoms with Crippen LogP contribution < -0.4 is 0 Å². The largest absolute Gasteiger partial charge is 0.481 e. The van der Waals surface area contributed by atoms with Gasteiger partial charge in [-0.05, 0) is 60.4 Å². The van der Waals surface area contributed by atoms with Crippen LogP contribution in [0.4, 0.5) is 0 Å². The molecule has 0 amide bonds. The Hall–Kier alpha value is -2.60. The lowest BCUT2D eigenvalue weighted by Crippen LogP contribution is -2.39. The second-order valence-electron chi connectivity index (χ2n) is 7.39. The number of carboxylic acid groups (broad SMARTS) is 1. The predicted octanol–water partition coefficient (Wildman–Crippen LogP) is 5.54. The molecule has 0 atom stereocenters. The molecule has 0 heterocycles. The monoisotopic (exact) mass is 347 g/mol. The molecule has 0 bridgehead atoms. The van der Waals surface area contributed by atoms with Gasteiger partial charge in [0.25, 0.3) is 0 Å². The molecule has 0 aromatic heterocycles. The smallest absolute Gasteiger partial charge is 0.314 e. The van der Waals surface area contributed by atoms with Crippen molar-refractivity contribution >= 4 is 5.97 Å². The third-order valence-corrected chi connectivity index (χ3v) is 5.85. The molecule has 0 spiro atoms. The number of carboxylic acids is 1. The molecule has 26 heavy (non-hydrogen) atoms. The fourth-order valence-electron chi connectivity index (χ4n) is 4.21. The van der Waals surface area contributed by atoms with Gasteiger partial charge in [-0.2, -0.15) is 5.26 Å². The van der Waals surface area contributed by atoms with Crippen molar-refractivity contribution in [2.45, 2.75) is 50.9 Å². The number of hydrogen-bond acceptors (Lipinski definition) is 2. The van der Waals surface area contributed by atoms with Gasteiger partial charge in [0.05, 0.1) is 17.0 Å². The van der Waals surface area contributed by atoms with Crippen LogP contribution in [0.25, 0.3) is 11.1 Å². The first-order chi connectivity index (χ1) is 12.6. The van der Waals surface area contributed by atoms with E-state index in [0.717, 1.165) is 42.4 Å². The summed E-state index contributed by atoms with van der Waals surface area (Å²) in [5, 5.41) is 18.9. The molecule has 1 N–H and O–H groups in total. The predicted molar refractivity (Wildman–Crippen MR) is 103 cm³/mol. The minimum absolute atomic E-state index is 0.638. The molecule has 3 rings (SSSR count). The van der Waals surface area contributed by atoms with E-state index in [1.54, 1.807) is 12.1 Å². The van der Waals surface area contributed by atoms with Gasteiger partial charge in [0, 0.05) is 0 Å². The SMILES string of the molecule is CCCC1CCC(C(=O)O)(c2ccc(-c3ccc(C#N)cc3)cc2)CC1. The van der Waals surface area contributed by atoms with E-state index in [0.29, 0.717) is 11.5 Å². The molecule has 2 aromatic rings. The number of nitriles is 1. The number of benzene rings is 2. The highest BCUT2D eigenvalue weighted by molar-refractivity contribution is 5.82. The van der Waals surface area contributed by atoms with Crippen LogP contribution in [0, 0.1) is 17.2 Å². The lowest BCUT2D eigenvalue weighted by atomic mass is 9.66. The molecular weight excluding hydrogens is 322 g/mol. The number of carbonyl (C=O) groups is 1. The van der Waals surface area contributed by atoms with Crippen molar-refractivity contribution in [1.82, 2.24) is 0 Å². The zero-order chi connectivity index (χ0) is 18.6. The summed E-state index contributed by atoms with van der Waals surface area (Å²) in [6.07, 6.45) is 5.82. The number of rotatable bonds is 5. The van der Waals surface area contributed by atoms with Gasteiger partial charge in [0.2, 0.25) is 0 Å². The van der Waals surface area contributed by atoms with Crippen LogP contribution in [0.2, 0.25) is 0 Å². The molecule has 1 saturated carbocycles. The molecule has 3 heteroatoms. The van der Waals surface area contributed by atoms with Crippen molar-refractivity contribution in [3.63, 3.8) is 0 Å². The Labute approximate surface area is 155 Å². The second-order valence-corrected chi connectivity index (χ2v) is 7.39. The van der Waals surface area contributed by atoms with Gasteiger partial charge in [-0.25, -0.2) is 0 Å². The minimum Gasteiger partial charge on any atom is -0.481 e. The third kappa shape index (κ3) is 3.51. The maximum Gasteiger partial charge on any atom is 0.314 e. The first kappa shape index (κ1) is 18.2. The number of nitrogens with zero attached hydrogens (tertiary/aromatic N) is 1. The van der Waals surface area contributed by atoms with Crippen molar-refractivity contribution < 1.29 is 9.90 Å². The molecule has 1 fully saturated rings. The van der Waals surface area contributed by atoms with E-state index in [9.17, 15) is 9.90 Å². The van der Waals surface area contributed by atoms with Crippen LogP contribution in [-0.2, 0) is 10.2 Å². The minimum atomic E-state index is -0.743. The van der Waals surface area contributed by atoms with E-state index in [2.05, 4.69) is 13.0 Å². The van der Waals surface area contributed by atoms with E-state index in [-0.39, 0.29) is 0 Å². The van der Waals surface area contributed by atoms with Crippen molar-refractivity contribution in [3.05, 3.63) is 59.7 Å². The van der Waals surface area contributed by atoms with Gasteiger partial charge < -0.3 is 5.11 Å². The maximum absolute atomic E-state index is 12.1. The fraction of sp³-hybridized carbons (Fsp3) is 0.391. The van der Waals surface area contributed by atoms with E-state index in [1.807, 2.05) is 36.4 Å². The second kappa shape index (κ2) is 7.74. The normalized spacial score (nSPS) is 22.5. The zero-order valence-corrected chi connectivity index (χ0v) is 15.2. The van der Waals surface area contributed by atoms with Crippen LogP contribution >= 0.6 is 0 Å². The summed E-state index contributed by atoms with van der Waals surface area (Å²) in [5.41, 5.74) is 2.88. The van der Waals surface area contributed by atoms with Crippen molar-refractivity contribution in [1.29, 1.82) is 5.26 Å². The van der Waals surface area contributed by atoms with Crippen LogP contribution in [0.1, 0.15) is 56.6 Å². The standard InChI is InChI=1S/C23H25NO2/c1-2-3-17-12-14-23(15-13-17,22(25)26)21-10-8-20(9-11-21)19-6-4-18(16-24)5-7-19/h4-11,17H,2-3,12-15H2,1H3,(H,25,26). The lowest BCUT2D eigenvalue weighted by molar-refractivity contribution is -0.145. The summed E-state index contributed by atoms with van der Waals surface area (Å²) < 4.78 is 0. The topological polar surface area (TPSA) is 61.1 Å². The fourth-order valence-corrected chi connectivity index (χ4v) is 4.21. The first-order valence-electron chi connectivity index (χ1n) is 9.43. The molecule has 1 aliphatic carbocycles. The lowest BCUT2D eigenvalue weighted by Gasteiger charge is -2.37. The van der Waals surface area contributed by atoms with Gasteiger partial charge >= 0.3 is 5.97 Å². The molecule has 0 radical (unpaired) electrons. The van der Waals surface area contributed by atoms with Gasteiger partial charge in [-0.3, -0.25) is 4.79 Å². The molecule has 1 aliphatic rings. The highest BCUT2D eigenvalue weighted by atomic mass is 16.4. The van der Waals surface area contributed by atoms with E-state index < -0.39 is 11.4 Å². The summed E-state index contributed by atoms with van der Waals surface area (Å²) in [6, 6.07) is 17.5. The Morgan fingerprint density at radius 3 is 2.08 bits per heavy atom. The van der Waals surface area contributed by atoms with Crippen LogP contribution in [0.5, 0.6) is 0 Å². The Balaban J connectivity index is 1.83. The summed E-state index contributed by atoms with van der Waals surface area (Å²) in [4.78, 5) is 12.1. The summed E-state index contributed by atoms with van der Waals surface area (Å²) in [6.45, 7) is 2.20. The molecule has 0 saturated heterocycles. The van der Waals surface area contributed by atoms with Crippen LogP contribution in [0.15, 0.2) is 48.5 Å². The Bertz CT molecular complexity index is 792. The Kier molecular flexibility index (Phi) is 5.42. The summed E-state index contributed by atoms with van der Waals surface area (Å²) in [7, 11) is 0. The molecule has 0 aliphatic heterocycles. The van der Waals surface area contributed by atoms with E-state index >= 15 is 0 Å². The maximum atomic E-state index is 12.1. The van der Waals surface area contributed by atoms with Crippen LogP contribution in [-0.4, -0.2) is 11.1 Å². The molecule has 3 nitrogen and oxygen atoms in total. The number of aliphatic carboxylic acids is 1. The van der Waals surface area contributed by atoms with E-state index in [4.69, 9.17) is 5.26 Å². The molecule has 134 valence electrons. The van der Waals surface area contributed by atoms with E-state index in [1.165, 1.54) is 12.8 Å².